The highest BCUT2D eigenvalue weighted by Crippen LogP contribution is 2.30. The Morgan fingerprint density at radius 2 is 2.20 bits per heavy atom. The first-order chi connectivity index (χ1) is 9.66. The molecule has 0 radical (unpaired) electrons. The summed E-state index contributed by atoms with van der Waals surface area (Å²) in [5, 5.41) is 14.0. The minimum atomic E-state index is -0.708. The molecule has 0 spiro atoms. The third-order valence-electron chi connectivity index (χ3n) is 4.13. The molecule has 6 heteroatoms. The molecular weight excluding hydrogens is 256 g/mol. The van der Waals surface area contributed by atoms with E-state index in [-0.39, 0.29) is 11.4 Å². The summed E-state index contributed by atoms with van der Waals surface area (Å²) in [5.41, 5.74) is 6.78. The fourth-order valence-corrected chi connectivity index (χ4v) is 3.10. The van der Waals surface area contributed by atoms with Crippen molar-refractivity contribution in [1.82, 2.24) is 14.6 Å². The highest BCUT2D eigenvalue weighted by Gasteiger charge is 2.19. The lowest BCUT2D eigenvalue weighted by molar-refractivity contribution is 0.0990. The van der Waals surface area contributed by atoms with Crippen LogP contribution in [-0.2, 0) is 6.42 Å². The Morgan fingerprint density at radius 1 is 1.45 bits per heavy atom. The lowest BCUT2D eigenvalue weighted by Gasteiger charge is -2.11. The van der Waals surface area contributed by atoms with E-state index in [0.717, 1.165) is 24.3 Å². The van der Waals surface area contributed by atoms with Crippen molar-refractivity contribution in [3.05, 3.63) is 23.7 Å². The van der Waals surface area contributed by atoms with Crippen molar-refractivity contribution < 1.29 is 9.90 Å². The van der Waals surface area contributed by atoms with Gasteiger partial charge in [0, 0.05) is 5.56 Å². The second-order valence-electron chi connectivity index (χ2n) is 5.45. The van der Waals surface area contributed by atoms with Crippen LogP contribution in [0.5, 0.6) is 5.75 Å². The van der Waals surface area contributed by atoms with Gasteiger partial charge in [-0.05, 0) is 24.8 Å². The molecule has 0 saturated heterocycles. The van der Waals surface area contributed by atoms with Crippen LogP contribution in [0.2, 0.25) is 0 Å². The van der Waals surface area contributed by atoms with Crippen LogP contribution in [-0.4, -0.2) is 25.6 Å². The zero-order valence-corrected chi connectivity index (χ0v) is 11.2. The number of aromatic hydroxyl groups is 1. The van der Waals surface area contributed by atoms with E-state index >= 15 is 0 Å². The fraction of sp³-hybridized carbons (Fsp3) is 0.500. The molecule has 1 aliphatic rings. The van der Waals surface area contributed by atoms with Crippen LogP contribution in [0.1, 0.15) is 48.2 Å². The standard InChI is InChI=1S/C14H18N4O2/c15-13(20)12-11(19)7-10(14-16-8-17-18(12)14)6-5-9-3-1-2-4-9/h7-9,19H,1-6H2,(H2,15,20). The van der Waals surface area contributed by atoms with Crippen molar-refractivity contribution in [3.63, 3.8) is 0 Å². The SMILES string of the molecule is NC(=O)c1c(O)cc(CCC2CCCC2)c2ncnn12. The summed E-state index contributed by atoms with van der Waals surface area (Å²) >= 11 is 0. The maximum Gasteiger partial charge on any atom is 0.271 e. The van der Waals surface area contributed by atoms with Gasteiger partial charge < -0.3 is 10.8 Å². The van der Waals surface area contributed by atoms with Gasteiger partial charge in [0.1, 0.15) is 12.1 Å². The van der Waals surface area contributed by atoms with Crippen LogP contribution >= 0.6 is 0 Å². The second kappa shape index (κ2) is 5.11. The molecule has 0 aliphatic heterocycles. The number of hydrogen-bond acceptors (Lipinski definition) is 4. The Kier molecular flexibility index (Phi) is 3.30. The molecule has 1 saturated carbocycles. The second-order valence-corrected chi connectivity index (χ2v) is 5.45. The van der Waals surface area contributed by atoms with Gasteiger partial charge in [-0.1, -0.05) is 25.7 Å². The first-order valence-corrected chi connectivity index (χ1v) is 7.01. The zero-order chi connectivity index (χ0) is 14.1. The van der Waals surface area contributed by atoms with Gasteiger partial charge in [0.2, 0.25) is 0 Å². The third-order valence-corrected chi connectivity index (χ3v) is 4.13. The van der Waals surface area contributed by atoms with Gasteiger partial charge in [0.05, 0.1) is 0 Å². The molecule has 6 nitrogen and oxygen atoms in total. The number of pyridine rings is 1. The molecule has 0 bridgehead atoms. The van der Waals surface area contributed by atoms with E-state index in [4.69, 9.17) is 5.73 Å². The first kappa shape index (κ1) is 12.9. The van der Waals surface area contributed by atoms with Gasteiger partial charge in [-0.15, -0.1) is 0 Å². The molecule has 1 fully saturated rings. The van der Waals surface area contributed by atoms with E-state index in [2.05, 4.69) is 10.1 Å². The number of aryl methyl sites for hydroxylation is 1. The highest BCUT2D eigenvalue weighted by molar-refractivity contribution is 5.94. The average molecular weight is 274 g/mol. The number of primary amides is 1. The van der Waals surface area contributed by atoms with E-state index < -0.39 is 5.91 Å². The predicted molar refractivity (Wildman–Crippen MR) is 73.4 cm³/mol. The van der Waals surface area contributed by atoms with Crippen LogP contribution in [0.15, 0.2) is 12.4 Å². The smallest absolute Gasteiger partial charge is 0.271 e. The number of fused-ring (bicyclic) bond motifs is 1. The molecule has 0 aromatic carbocycles. The zero-order valence-electron chi connectivity index (χ0n) is 11.2. The molecule has 2 aromatic rings. The summed E-state index contributed by atoms with van der Waals surface area (Å²) in [7, 11) is 0. The van der Waals surface area contributed by atoms with E-state index in [1.807, 2.05) is 0 Å². The summed E-state index contributed by atoms with van der Waals surface area (Å²) in [5.74, 6) is -0.0757. The third kappa shape index (κ3) is 2.21. The number of rotatable bonds is 4. The molecule has 2 heterocycles. The lowest BCUT2D eigenvalue weighted by atomic mass is 9.98. The molecule has 2 aromatic heterocycles. The molecule has 1 aliphatic carbocycles. The normalized spacial score (nSPS) is 16.0. The van der Waals surface area contributed by atoms with Gasteiger partial charge in [0.15, 0.2) is 11.3 Å². The number of aromatic nitrogens is 3. The van der Waals surface area contributed by atoms with Crippen molar-refractivity contribution in [3.8, 4) is 5.75 Å². The van der Waals surface area contributed by atoms with Crippen molar-refractivity contribution in [2.24, 2.45) is 11.7 Å². The predicted octanol–water partition coefficient (Wildman–Crippen LogP) is 1.66. The van der Waals surface area contributed by atoms with E-state index in [1.54, 1.807) is 6.07 Å². The summed E-state index contributed by atoms with van der Waals surface area (Å²) in [6.45, 7) is 0. The Balaban J connectivity index is 1.93. The van der Waals surface area contributed by atoms with Crippen LogP contribution in [0.25, 0.3) is 5.65 Å². The summed E-state index contributed by atoms with van der Waals surface area (Å²) in [6.07, 6.45) is 8.49. The van der Waals surface area contributed by atoms with Gasteiger partial charge in [-0.25, -0.2) is 9.50 Å². The first-order valence-electron chi connectivity index (χ1n) is 7.01. The maximum absolute atomic E-state index is 11.4. The van der Waals surface area contributed by atoms with Crippen LogP contribution in [0.3, 0.4) is 0 Å². The summed E-state index contributed by atoms with van der Waals surface area (Å²) in [6, 6.07) is 1.60. The van der Waals surface area contributed by atoms with Gasteiger partial charge in [-0.3, -0.25) is 4.79 Å². The van der Waals surface area contributed by atoms with Gasteiger partial charge >= 0.3 is 0 Å². The number of nitrogens with zero attached hydrogens (tertiary/aromatic N) is 3. The van der Waals surface area contributed by atoms with Crippen LogP contribution < -0.4 is 5.73 Å². The van der Waals surface area contributed by atoms with Gasteiger partial charge in [-0.2, -0.15) is 5.10 Å². The minimum absolute atomic E-state index is 0.0119. The van der Waals surface area contributed by atoms with Crippen molar-refractivity contribution in [1.29, 1.82) is 0 Å². The van der Waals surface area contributed by atoms with Crippen molar-refractivity contribution in [2.45, 2.75) is 38.5 Å². The highest BCUT2D eigenvalue weighted by atomic mass is 16.3. The monoisotopic (exact) mass is 274 g/mol. The van der Waals surface area contributed by atoms with Gasteiger partial charge in [0.25, 0.3) is 5.91 Å². The Hall–Kier alpha value is -2.11. The summed E-state index contributed by atoms with van der Waals surface area (Å²) in [4.78, 5) is 15.6. The number of carbonyl (C=O) groups is 1. The molecule has 0 unspecified atom stereocenters. The Morgan fingerprint density at radius 3 is 2.90 bits per heavy atom. The largest absolute Gasteiger partial charge is 0.505 e. The molecule has 1 amide bonds. The van der Waals surface area contributed by atoms with E-state index in [1.165, 1.54) is 36.5 Å². The Labute approximate surface area is 116 Å². The van der Waals surface area contributed by atoms with Crippen LogP contribution in [0, 0.1) is 5.92 Å². The van der Waals surface area contributed by atoms with Crippen molar-refractivity contribution >= 4 is 11.6 Å². The molecule has 0 atom stereocenters. The molecular formula is C14H18N4O2. The van der Waals surface area contributed by atoms with E-state index in [9.17, 15) is 9.90 Å². The number of nitrogens with two attached hydrogens (primary N) is 1. The number of amides is 1. The molecule has 3 N–H and O–H groups in total. The topological polar surface area (TPSA) is 93.5 Å². The minimum Gasteiger partial charge on any atom is -0.505 e. The maximum atomic E-state index is 11.4. The van der Waals surface area contributed by atoms with E-state index in [0.29, 0.717) is 5.65 Å². The quantitative estimate of drug-likeness (QED) is 0.886. The molecule has 20 heavy (non-hydrogen) atoms. The Bertz CT molecular complexity index is 644. The van der Waals surface area contributed by atoms with Crippen LogP contribution in [0.4, 0.5) is 0 Å². The molecule has 106 valence electrons. The van der Waals surface area contributed by atoms with Crippen molar-refractivity contribution in [2.75, 3.05) is 0 Å². The summed E-state index contributed by atoms with van der Waals surface area (Å²) < 4.78 is 1.33. The fourth-order valence-electron chi connectivity index (χ4n) is 3.10. The number of carbonyl (C=O) groups excluding carboxylic acids is 1. The molecule has 3 rings (SSSR count). The average Bonchev–Trinajstić information content (AvgIpc) is 3.06. The lowest BCUT2D eigenvalue weighted by Crippen LogP contribution is -2.17. The number of hydrogen-bond donors (Lipinski definition) is 2.